The average molecular weight is 174 g/mol. The van der Waals surface area contributed by atoms with E-state index in [1.807, 2.05) is 13.8 Å². The van der Waals surface area contributed by atoms with Gasteiger partial charge in [0.15, 0.2) is 0 Å². The first-order valence-corrected chi connectivity index (χ1v) is 3.00. The topological polar surface area (TPSA) is 9.23 Å². The molecule has 0 heterocycles. The molecular weight excluding hydrogens is 164 g/mol. The molecule has 0 saturated carbocycles. The van der Waals surface area contributed by atoms with Gasteiger partial charge in [0.05, 0.1) is 0 Å². The summed E-state index contributed by atoms with van der Waals surface area (Å²) in [7, 11) is 0. The quantitative estimate of drug-likeness (QED) is 0.584. The van der Waals surface area contributed by atoms with Gasteiger partial charge in [0.1, 0.15) is 0 Å². The summed E-state index contributed by atoms with van der Waals surface area (Å²) in [6, 6.07) is 0. The van der Waals surface area contributed by atoms with E-state index in [9.17, 15) is 17.6 Å². The minimum absolute atomic E-state index is 0.844. The van der Waals surface area contributed by atoms with Crippen molar-refractivity contribution in [2.45, 2.75) is 13.8 Å². The number of hydrogen-bond donors (Lipinski definition) is 0. The van der Waals surface area contributed by atoms with Gasteiger partial charge in [-0.2, -0.15) is 17.6 Å². The van der Waals surface area contributed by atoms with Crippen LogP contribution in [0.1, 0.15) is 13.8 Å². The zero-order chi connectivity index (χ0) is 9.28. The van der Waals surface area contributed by atoms with Gasteiger partial charge in [-0.15, -0.1) is 0 Å². The highest BCUT2D eigenvalue weighted by Crippen LogP contribution is 2.08. The fraction of sp³-hybridized carbons (Fsp3) is 0.667. The molecule has 0 aromatic carbocycles. The lowest BCUT2D eigenvalue weighted by Gasteiger charge is -1.86. The predicted molar refractivity (Wildman–Crippen MR) is 33.6 cm³/mol. The van der Waals surface area contributed by atoms with Crippen LogP contribution in [-0.4, -0.2) is 13.2 Å². The maximum atomic E-state index is 10.3. The van der Waals surface area contributed by atoms with Gasteiger partial charge in [0.25, 0.3) is 0 Å². The number of halogens is 4. The molecule has 0 aliphatic carbocycles. The summed E-state index contributed by atoms with van der Waals surface area (Å²) in [6.45, 7) is 5.67. The second-order valence-electron chi connectivity index (χ2n) is 1.30. The molecule has 0 aromatic heterocycles. The molecule has 0 bridgehead atoms. The highest BCUT2D eigenvalue weighted by Gasteiger charge is 1.98. The van der Waals surface area contributed by atoms with Crippen molar-refractivity contribution in [2.24, 2.45) is 0 Å². The van der Waals surface area contributed by atoms with Gasteiger partial charge >= 0.3 is 12.2 Å². The Morgan fingerprint density at radius 1 is 0.909 bits per heavy atom. The van der Waals surface area contributed by atoms with Crippen molar-refractivity contribution in [1.82, 2.24) is 0 Å². The first-order chi connectivity index (χ1) is 5.06. The molecule has 11 heavy (non-hydrogen) atoms. The first-order valence-electron chi connectivity index (χ1n) is 3.00. The Balaban J connectivity index is 0. The Morgan fingerprint density at radius 3 is 1.18 bits per heavy atom. The molecule has 0 rings (SSSR count). The van der Waals surface area contributed by atoms with Crippen LogP contribution < -0.4 is 0 Å². The summed E-state index contributed by atoms with van der Waals surface area (Å²) >= 11 is 0. The third-order valence-corrected chi connectivity index (χ3v) is 0.551. The molecule has 0 saturated heterocycles. The monoisotopic (exact) mass is 174 g/mol. The highest BCUT2D eigenvalue weighted by atomic mass is 19.3. The van der Waals surface area contributed by atoms with Crippen LogP contribution in [0.5, 0.6) is 0 Å². The molecule has 0 atom stereocenters. The fourth-order valence-electron chi connectivity index (χ4n) is 0.204. The Bertz CT molecular complexity index is 93.1. The summed E-state index contributed by atoms with van der Waals surface area (Å²) in [6.07, 6.45) is -5.81. The second-order valence-corrected chi connectivity index (χ2v) is 1.30. The van der Waals surface area contributed by atoms with Crippen molar-refractivity contribution < 1.29 is 22.3 Å². The third kappa shape index (κ3) is 17.7. The van der Waals surface area contributed by atoms with Crippen molar-refractivity contribution in [3.63, 3.8) is 0 Å². The maximum absolute atomic E-state index is 10.3. The van der Waals surface area contributed by atoms with E-state index in [4.69, 9.17) is 4.74 Å². The van der Waals surface area contributed by atoms with Crippen molar-refractivity contribution in [3.05, 3.63) is 12.2 Å². The lowest BCUT2D eigenvalue weighted by molar-refractivity contribution is 0.162. The van der Waals surface area contributed by atoms with E-state index in [2.05, 4.69) is 0 Å². The molecule has 0 aliphatic rings. The Kier molecular flexibility index (Phi) is 11.2. The molecule has 0 fully saturated rings. The van der Waals surface area contributed by atoms with E-state index in [0.717, 1.165) is 13.2 Å². The normalized spacial score (nSPS) is 8.18. The first kappa shape index (κ1) is 13.0. The summed E-state index contributed by atoms with van der Waals surface area (Å²) < 4.78 is 46.0. The van der Waals surface area contributed by atoms with E-state index in [1.165, 1.54) is 0 Å². The lowest BCUT2D eigenvalue weighted by Crippen LogP contribution is -1.84. The zero-order valence-electron chi connectivity index (χ0n) is 6.33. The minimum atomic E-state index is -2.91. The van der Waals surface area contributed by atoms with Gasteiger partial charge < -0.3 is 4.74 Å². The summed E-state index contributed by atoms with van der Waals surface area (Å²) in [5.74, 6) is 0. The van der Waals surface area contributed by atoms with Gasteiger partial charge in [0.2, 0.25) is 0 Å². The van der Waals surface area contributed by atoms with Gasteiger partial charge in [-0.3, -0.25) is 0 Å². The van der Waals surface area contributed by atoms with Crippen molar-refractivity contribution in [2.75, 3.05) is 13.2 Å². The number of rotatable bonds is 2. The van der Waals surface area contributed by atoms with Crippen LogP contribution in [0.25, 0.3) is 0 Å². The molecule has 1 nitrogen and oxygen atoms in total. The molecule has 0 aromatic rings. The van der Waals surface area contributed by atoms with Gasteiger partial charge in [-0.05, 0) is 13.8 Å². The van der Waals surface area contributed by atoms with Crippen molar-refractivity contribution in [3.8, 4) is 0 Å². The average Bonchev–Trinajstić information content (AvgIpc) is 1.90. The fourth-order valence-corrected chi connectivity index (χ4v) is 0.204. The number of hydrogen-bond acceptors (Lipinski definition) is 1. The van der Waals surface area contributed by atoms with Crippen LogP contribution in [0.4, 0.5) is 17.6 Å². The Hall–Kier alpha value is -0.580. The largest absolute Gasteiger partial charge is 0.382 e. The second kappa shape index (κ2) is 9.42. The summed E-state index contributed by atoms with van der Waals surface area (Å²) in [5.41, 5.74) is 0. The van der Waals surface area contributed by atoms with Crippen LogP contribution in [-0.2, 0) is 4.74 Å². The van der Waals surface area contributed by atoms with E-state index in [-0.39, 0.29) is 0 Å². The predicted octanol–water partition coefficient (Wildman–Crippen LogP) is 3.03. The molecule has 0 radical (unpaired) electrons. The van der Waals surface area contributed by atoms with Gasteiger partial charge in [-0.25, -0.2) is 0 Å². The molecular formula is C6H10F4O. The van der Waals surface area contributed by atoms with Crippen LogP contribution in [0.15, 0.2) is 12.2 Å². The van der Waals surface area contributed by atoms with E-state index in [1.54, 1.807) is 0 Å². The van der Waals surface area contributed by atoms with E-state index < -0.39 is 12.2 Å². The Labute approximate surface area is 62.7 Å². The molecule has 5 heteroatoms. The Morgan fingerprint density at radius 2 is 1.18 bits per heavy atom. The standard InChI is InChI=1S/C4H10O.C2F4/c1-3-5-4-2;3-1(4)2(5)6/h3-4H2,1-2H3;. The summed E-state index contributed by atoms with van der Waals surface area (Å²) in [4.78, 5) is 0. The molecule has 0 spiro atoms. The van der Waals surface area contributed by atoms with Crippen molar-refractivity contribution in [1.29, 1.82) is 0 Å². The lowest BCUT2D eigenvalue weighted by atomic mass is 10.8. The molecule has 0 aliphatic heterocycles. The molecule has 0 amide bonds. The van der Waals surface area contributed by atoms with E-state index >= 15 is 0 Å². The minimum Gasteiger partial charge on any atom is -0.382 e. The summed E-state index contributed by atoms with van der Waals surface area (Å²) in [5, 5.41) is 0. The number of ether oxygens (including phenoxy) is 1. The van der Waals surface area contributed by atoms with E-state index in [0.29, 0.717) is 0 Å². The maximum Gasteiger partial charge on any atom is 0.334 e. The highest BCUT2D eigenvalue weighted by molar-refractivity contribution is 4.77. The molecule has 0 unspecified atom stereocenters. The smallest absolute Gasteiger partial charge is 0.334 e. The van der Waals surface area contributed by atoms with Gasteiger partial charge in [-0.1, -0.05) is 0 Å². The zero-order valence-corrected chi connectivity index (χ0v) is 6.33. The van der Waals surface area contributed by atoms with Gasteiger partial charge in [0, 0.05) is 13.2 Å². The molecule has 68 valence electrons. The van der Waals surface area contributed by atoms with Crippen molar-refractivity contribution >= 4 is 0 Å². The van der Waals surface area contributed by atoms with Crippen LogP contribution >= 0.6 is 0 Å². The van der Waals surface area contributed by atoms with Crippen LogP contribution in [0, 0.1) is 0 Å². The third-order valence-electron chi connectivity index (χ3n) is 0.551. The molecule has 0 N–H and O–H groups in total. The van der Waals surface area contributed by atoms with Crippen LogP contribution in [0.2, 0.25) is 0 Å². The SMILES string of the molecule is CCOCC.FC(F)=C(F)F. The van der Waals surface area contributed by atoms with Crippen LogP contribution in [0.3, 0.4) is 0 Å².